The minimum atomic E-state index is -3.87. The zero-order chi connectivity index (χ0) is 30.1. The van der Waals surface area contributed by atoms with Crippen LogP contribution in [-0.4, -0.2) is 50.5 Å². The fourth-order valence-corrected chi connectivity index (χ4v) is 7.11. The van der Waals surface area contributed by atoms with Gasteiger partial charge in [-0.25, -0.2) is 8.42 Å². The third-order valence-corrected chi connectivity index (χ3v) is 9.62. The molecule has 1 amide bonds. The monoisotopic (exact) mass is 600 g/mol. The van der Waals surface area contributed by atoms with Gasteiger partial charge in [0.15, 0.2) is 11.5 Å². The number of nitrogens with one attached hydrogen (secondary N) is 1. The fraction of sp³-hybridized carbons (Fsp3) is 0.242. The second-order valence-corrected chi connectivity index (χ2v) is 12.5. The summed E-state index contributed by atoms with van der Waals surface area (Å²) in [5, 5.41) is 13.1. The number of carbonyl (C=O) groups excluding carboxylic acids is 1. The molecule has 9 nitrogen and oxygen atoms in total. The molecule has 3 heterocycles. The number of methoxy groups -OCH3 is 1. The lowest BCUT2D eigenvalue weighted by Crippen LogP contribution is -2.40. The van der Waals surface area contributed by atoms with Crippen LogP contribution in [0.2, 0.25) is 0 Å². The number of rotatable bonds is 3. The number of benzene rings is 4. The van der Waals surface area contributed by atoms with Crippen LogP contribution in [0, 0.1) is 6.92 Å². The van der Waals surface area contributed by atoms with Crippen LogP contribution >= 0.6 is 0 Å². The molecule has 0 saturated carbocycles. The number of hydrogen-bond acceptors (Lipinski definition) is 7. The summed E-state index contributed by atoms with van der Waals surface area (Å²) in [5.41, 5.74) is 3.58. The van der Waals surface area contributed by atoms with Gasteiger partial charge in [0.05, 0.1) is 30.2 Å². The maximum absolute atomic E-state index is 14.1. The summed E-state index contributed by atoms with van der Waals surface area (Å²) in [5.74, 6) is 1.33. The Morgan fingerprint density at radius 2 is 1.74 bits per heavy atom. The molecule has 0 radical (unpaired) electrons. The van der Waals surface area contributed by atoms with Gasteiger partial charge in [0.25, 0.3) is 5.91 Å². The van der Waals surface area contributed by atoms with E-state index < -0.39 is 22.0 Å². The van der Waals surface area contributed by atoms with Gasteiger partial charge in [0.1, 0.15) is 17.2 Å². The molecular weight excluding hydrogens is 568 g/mol. The molecule has 7 rings (SSSR count). The fourth-order valence-electron chi connectivity index (χ4n) is 5.52. The van der Waals surface area contributed by atoms with E-state index in [4.69, 9.17) is 14.2 Å². The van der Waals surface area contributed by atoms with E-state index in [2.05, 4.69) is 5.32 Å². The first kappa shape index (κ1) is 28.6. The van der Waals surface area contributed by atoms with Crippen molar-refractivity contribution in [3.8, 4) is 28.7 Å². The highest BCUT2D eigenvalue weighted by atomic mass is 32.2. The lowest BCUT2D eigenvalue weighted by Gasteiger charge is -2.37. The van der Waals surface area contributed by atoms with Crippen LogP contribution in [0.15, 0.2) is 83.8 Å². The summed E-state index contributed by atoms with van der Waals surface area (Å²) >= 11 is 0. The van der Waals surface area contributed by atoms with Crippen LogP contribution in [0.4, 0.5) is 0 Å². The van der Waals surface area contributed by atoms with E-state index in [1.54, 1.807) is 53.9 Å². The van der Waals surface area contributed by atoms with Crippen LogP contribution in [0.1, 0.15) is 45.1 Å². The summed E-state index contributed by atoms with van der Waals surface area (Å²) < 4.78 is 47.5. The predicted molar refractivity (Wildman–Crippen MR) is 161 cm³/mol. The number of ether oxygens (including phenoxy) is 3. The number of phenolic OH excluding ortho intramolecular Hbond substituents is 1. The minimum absolute atomic E-state index is 0.101. The second-order valence-electron chi connectivity index (χ2n) is 10.6. The molecule has 3 aliphatic heterocycles. The van der Waals surface area contributed by atoms with Crippen molar-refractivity contribution in [1.29, 1.82) is 0 Å². The zero-order valence-corrected chi connectivity index (χ0v) is 24.7. The number of phenols is 1. The standard InChI is InChI=1S/C33H32N2O7S/c1-21-4-9-26(10-5-21)43(38,39)35-16-14-22-18-24-7-11-27(22)32(35)23-6-13-30(40-2)31(19-23)41-17-3-15-34-33(37)28-20-25(42-24)8-12-29(28)36/h4-13,18-20,32,36H,3,14-17H2,1-2H3,(H,34,37). The summed E-state index contributed by atoms with van der Waals surface area (Å²) in [4.78, 5) is 13.0. The van der Waals surface area contributed by atoms with Gasteiger partial charge in [-0.2, -0.15) is 4.31 Å². The van der Waals surface area contributed by atoms with E-state index in [1.807, 2.05) is 31.2 Å². The van der Waals surface area contributed by atoms with E-state index in [0.29, 0.717) is 42.4 Å². The molecule has 0 spiro atoms. The summed E-state index contributed by atoms with van der Waals surface area (Å²) in [7, 11) is -2.32. The maximum Gasteiger partial charge on any atom is 0.255 e. The molecule has 43 heavy (non-hydrogen) atoms. The van der Waals surface area contributed by atoms with Gasteiger partial charge < -0.3 is 24.6 Å². The number of carbonyl (C=O) groups is 1. The second kappa shape index (κ2) is 11.6. The molecule has 1 unspecified atom stereocenters. The van der Waals surface area contributed by atoms with Crippen LogP contribution in [0.3, 0.4) is 0 Å². The van der Waals surface area contributed by atoms with Gasteiger partial charge in [-0.1, -0.05) is 29.8 Å². The Morgan fingerprint density at radius 3 is 2.53 bits per heavy atom. The van der Waals surface area contributed by atoms with Crippen LogP contribution < -0.4 is 19.5 Å². The molecule has 222 valence electrons. The van der Waals surface area contributed by atoms with Crippen molar-refractivity contribution in [3.05, 3.63) is 107 Å². The molecule has 4 aromatic carbocycles. The normalized spacial score (nSPS) is 17.2. The Labute approximate surface area is 250 Å². The Morgan fingerprint density at radius 1 is 0.977 bits per heavy atom. The first-order valence-electron chi connectivity index (χ1n) is 14.1. The highest BCUT2D eigenvalue weighted by Crippen LogP contribution is 2.43. The molecule has 0 aromatic heterocycles. The Balaban J connectivity index is 1.48. The minimum Gasteiger partial charge on any atom is -0.507 e. The summed E-state index contributed by atoms with van der Waals surface area (Å²) in [6.45, 7) is 2.75. The smallest absolute Gasteiger partial charge is 0.255 e. The number of amides is 1. The number of aromatic hydroxyl groups is 1. The van der Waals surface area contributed by atoms with Crippen molar-refractivity contribution >= 4 is 15.9 Å². The zero-order valence-electron chi connectivity index (χ0n) is 23.9. The lowest BCUT2D eigenvalue weighted by molar-refractivity contribution is 0.0948. The van der Waals surface area contributed by atoms with Gasteiger partial charge in [-0.05, 0) is 91.1 Å². The van der Waals surface area contributed by atoms with Crippen molar-refractivity contribution in [2.24, 2.45) is 0 Å². The van der Waals surface area contributed by atoms with Gasteiger partial charge in [-0.15, -0.1) is 0 Å². The first-order chi connectivity index (χ1) is 20.7. The van der Waals surface area contributed by atoms with Crippen molar-refractivity contribution in [2.45, 2.75) is 30.7 Å². The highest BCUT2D eigenvalue weighted by Gasteiger charge is 2.38. The van der Waals surface area contributed by atoms with E-state index in [9.17, 15) is 18.3 Å². The predicted octanol–water partition coefficient (Wildman–Crippen LogP) is 5.35. The highest BCUT2D eigenvalue weighted by molar-refractivity contribution is 7.89. The van der Waals surface area contributed by atoms with Crippen molar-refractivity contribution in [3.63, 3.8) is 0 Å². The number of sulfonamides is 1. The van der Waals surface area contributed by atoms with Crippen molar-refractivity contribution < 1.29 is 32.5 Å². The molecule has 4 aromatic rings. The largest absolute Gasteiger partial charge is 0.507 e. The van der Waals surface area contributed by atoms with Gasteiger partial charge in [-0.3, -0.25) is 4.79 Å². The SMILES string of the molecule is COc1ccc2cc1OCCCNC(=O)c1cc(ccc1O)Oc1ccc3c(c1)CCN(S(=O)(=O)c1ccc(C)cc1)C23. The summed E-state index contributed by atoms with van der Waals surface area (Å²) in [6, 6.07) is 21.8. The van der Waals surface area contributed by atoms with Crippen LogP contribution in [-0.2, 0) is 16.4 Å². The van der Waals surface area contributed by atoms with E-state index >= 15 is 0 Å². The Hall–Kier alpha value is -4.54. The van der Waals surface area contributed by atoms with Gasteiger partial charge >= 0.3 is 0 Å². The van der Waals surface area contributed by atoms with E-state index in [-0.39, 0.29) is 29.4 Å². The van der Waals surface area contributed by atoms with Gasteiger partial charge in [0.2, 0.25) is 10.0 Å². The number of hydrogen-bond donors (Lipinski definition) is 2. The average molecular weight is 601 g/mol. The molecule has 0 fully saturated rings. The maximum atomic E-state index is 14.1. The molecule has 0 aliphatic carbocycles. The third kappa shape index (κ3) is 5.63. The average Bonchev–Trinajstić information content (AvgIpc) is 3.00. The van der Waals surface area contributed by atoms with Gasteiger partial charge in [0, 0.05) is 13.1 Å². The molecule has 8 bridgehead atoms. The molecule has 0 saturated heterocycles. The van der Waals surface area contributed by atoms with Crippen molar-refractivity contribution in [2.75, 3.05) is 26.8 Å². The quantitative estimate of drug-likeness (QED) is 0.326. The number of nitrogens with zero attached hydrogens (tertiary/aromatic N) is 1. The van der Waals surface area contributed by atoms with E-state index in [0.717, 1.165) is 22.3 Å². The van der Waals surface area contributed by atoms with Crippen LogP contribution in [0.25, 0.3) is 0 Å². The molecular formula is C33H32N2O7S. The van der Waals surface area contributed by atoms with Crippen molar-refractivity contribution in [1.82, 2.24) is 9.62 Å². The number of aryl methyl sites for hydroxylation is 1. The molecule has 10 heteroatoms. The topological polar surface area (TPSA) is 114 Å². The Kier molecular flexibility index (Phi) is 7.72. The Bertz CT molecular complexity index is 1790. The molecule has 3 aliphatic rings. The molecule has 1 atom stereocenters. The third-order valence-electron chi connectivity index (χ3n) is 7.74. The summed E-state index contributed by atoms with van der Waals surface area (Å²) in [6.07, 6.45) is 0.954. The number of fused-ring (bicyclic) bond motifs is 6. The first-order valence-corrected chi connectivity index (χ1v) is 15.5. The molecule has 2 N–H and O–H groups in total. The van der Waals surface area contributed by atoms with E-state index in [1.165, 1.54) is 12.1 Å². The lowest BCUT2D eigenvalue weighted by atomic mass is 9.89. The van der Waals surface area contributed by atoms with Crippen LogP contribution in [0.5, 0.6) is 28.7 Å².